The molecule has 2 aromatic carbocycles. The molecule has 0 spiro atoms. The first-order valence-electron chi connectivity index (χ1n) is 9.17. The SMILES string of the molecule is CCOc1cc(CNCCCN(C)C)cc(Cl)c1OCc1ccc(F)cc1. The number of nitrogens with zero attached hydrogens (tertiary/aromatic N) is 1. The monoisotopic (exact) mass is 394 g/mol. The largest absolute Gasteiger partial charge is 0.490 e. The van der Waals surface area contributed by atoms with Crippen LogP contribution in [-0.2, 0) is 13.2 Å². The Morgan fingerprint density at radius 3 is 2.48 bits per heavy atom. The van der Waals surface area contributed by atoms with E-state index in [1.807, 2.05) is 19.1 Å². The summed E-state index contributed by atoms with van der Waals surface area (Å²) in [7, 11) is 4.14. The van der Waals surface area contributed by atoms with Gasteiger partial charge in [0.1, 0.15) is 12.4 Å². The van der Waals surface area contributed by atoms with Crippen LogP contribution in [0.15, 0.2) is 36.4 Å². The predicted octanol–water partition coefficient (Wildman–Crippen LogP) is 4.50. The summed E-state index contributed by atoms with van der Waals surface area (Å²) in [6, 6.07) is 10.0. The molecule has 0 aliphatic rings. The topological polar surface area (TPSA) is 33.7 Å². The van der Waals surface area contributed by atoms with E-state index in [0.717, 1.165) is 30.6 Å². The van der Waals surface area contributed by atoms with Crippen LogP contribution in [-0.4, -0.2) is 38.7 Å². The number of nitrogens with one attached hydrogen (secondary N) is 1. The molecule has 4 nitrogen and oxygen atoms in total. The fraction of sp³-hybridized carbons (Fsp3) is 0.429. The van der Waals surface area contributed by atoms with Gasteiger partial charge in [0.05, 0.1) is 11.6 Å². The van der Waals surface area contributed by atoms with Gasteiger partial charge in [-0.05, 0) is 75.9 Å². The average molecular weight is 395 g/mol. The summed E-state index contributed by atoms with van der Waals surface area (Å²) in [5.41, 5.74) is 1.91. The summed E-state index contributed by atoms with van der Waals surface area (Å²) in [6.45, 7) is 5.43. The minimum Gasteiger partial charge on any atom is -0.490 e. The molecule has 6 heteroatoms. The maximum atomic E-state index is 13.0. The van der Waals surface area contributed by atoms with Crippen LogP contribution in [0.3, 0.4) is 0 Å². The summed E-state index contributed by atoms with van der Waals surface area (Å²) in [6.07, 6.45) is 1.08. The van der Waals surface area contributed by atoms with Gasteiger partial charge in [0, 0.05) is 6.54 Å². The van der Waals surface area contributed by atoms with Crippen molar-refractivity contribution in [3.05, 3.63) is 58.4 Å². The van der Waals surface area contributed by atoms with Crippen LogP contribution in [0.5, 0.6) is 11.5 Å². The fourth-order valence-corrected chi connectivity index (χ4v) is 2.90. The second kappa shape index (κ2) is 11.1. The van der Waals surface area contributed by atoms with Gasteiger partial charge in [-0.3, -0.25) is 0 Å². The van der Waals surface area contributed by atoms with E-state index < -0.39 is 0 Å². The van der Waals surface area contributed by atoms with Crippen LogP contribution >= 0.6 is 11.6 Å². The third kappa shape index (κ3) is 7.37. The number of halogens is 2. The molecule has 2 rings (SSSR count). The van der Waals surface area contributed by atoms with Crippen molar-refractivity contribution in [2.45, 2.75) is 26.5 Å². The summed E-state index contributed by atoms with van der Waals surface area (Å²) in [5.74, 6) is 0.866. The highest BCUT2D eigenvalue weighted by atomic mass is 35.5. The number of hydrogen-bond acceptors (Lipinski definition) is 4. The first kappa shape index (κ1) is 21.5. The predicted molar refractivity (Wildman–Crippen MR) is 108 cm³/mol. The second-order valence-electron chi connectivity index (χ2n) is 6.59. The van der Waals surface area contributed by atoms with E-state index in [2.05, 4.69) is 24.3 Å². The molecule has 0 aliphatic carbocycles. The van der Waals surface area contributed by atoms with Crippen molar-refractivity contribution in [3.63, 3.8) is 0 Å². The quantitative estimate of drug-likeness (QED) is 0.569. The van der Waals surface area contributed by atoms with E-state index in [-0.39, 0.29) is 5.82 Å². The smallest absolute Gasteiger partial charge is 0.180 e. The fourth-order valence-electron chi connectivity index (χ4n) is 2.62. The number of ether oxygens (including phenoxy) is 2. The Bertz CT molecular complexity index is 708. The highest BCUT2D eigenvalue weighted by Crippen LogP contribution is 2.37. The maximum Gasteiger partial charge on any atom is 0.180 e. The van der Waals surface area contributed by atoms with E-state index in [0.29, 0.717) is 36.3 Å². The standard InChI is InChI=1S/C21H28ClFN2O2/c1-4-26-20-13-17(14-24-10-5-11-25(2)3)12-19(22)21(20)27-15-16-6-8-18(23)9-7-16/h6-9,12-13,24H,4-5,10-11,14-15H2,1-3H3. The van der Waals surface area contributed by atoms with Crippen molar-refractivity contribution in [1.82, 2.24) is 10.2 Å². The molecule has 0 aromatic heterocycles. The van der Waals surface area contributed by atoms with Crippen molar-refractivity contribution >= 4 is 11.6 Å². The lowest BCUT2D eigenvalue weighted by atomic mass is 10.2. The lowest BCUT2D eigenvalue weighted by Gasteiger charge is -2.16. The molecule has 27 heavy (non-hydrogen) atoms. The van der Waals surface area contributed by atoms with Crippen molar-refractivity contribution in [3.8, 4) is 11.5 Å². The molecule has 0 saturated carbocycles. The molecule has 0 amide bonds. The third-order valence-corrected chi connectivity index (χ3v) is 4.23. The Morgan fingerprint density at radius 2 is 1.81 bits per heavy atom. The van der Waals surface area contributed by atoms with Crippen molar-refractivity contribution in [2.24, 2.45) is 0 Å². The summed E-state index contributed by atoms with van der Waals surface area (Å²) in [4.78, 5) is 2.17. The van der Waals surface area contributed by atoms with E-state index >= 15 is 0 Å². The Balaban J connectivity index is 2.00. The molecule has 148 valence electrons. The van der Waals surface area contributed by atoms with Gasteiger partial charge >= 0.3 is 0 Å². The first-order chi connectivity index (χ1) is 13.0. The first-order valence-corrected chi connectivity index (χ1v) is 9.55. The van der Waals surface area contributed by atoms with E-state index in [9.17, 15) is 4.39 Å². The summed E-state index contributed by atoms with van der Waals surface area (Å²) < 4.78 is 24.6. The zero-order valence-electron chi connectivity index (χ0n) is 16.2. The minimum absolute atomic E-state index is 0.269. The highest BCUT2D eigenvalue weighted by Gasteiger charge is 2.13. The zero-order chi connectivity index (χ0) is 19.6. The van der Waals surface area contributed by atoms with Crippen LogP contribution in [0.25, 0.3) is 0 Å². The lowest BCUT2D eigenvalue weighted by Crippen LogP contribution is -2.21. The van der Waals surface area contributed by atoms with E-state index in [1.54, 1.807) is 12.1 Å². The van der Waals surface area contributed by atoms with Crippen molar-refractivity contribution in [2.75, 3.05) is 33.8 Å². The minimum atomic E-state index is -0.269. The Morgan fingerprint density at radius 1 is 1.07 bits per heavy atom. The Labute approximate surface area is 166 Å². The number of hydrogen-bond donors (Lipinski definition) is 1. The number of benzene rings is 2. The third-order valence-electron chi connectivity index (χ3n) is 3.95. The summed E-state index contributed by atoms with van der Waals surface area (Å²) >= 11 is 6.44. The highest BCUT2D eigenvalue weighted by molar-refractivity contribution is 6.32. The van der Waals surface area contributed by atoms with Crippen LogP contribution in [0.4, 0.5) is 4.39 Å². The lowest BCUT2D eigenvalue weighted by molar-refractivity contribution is 0.269. The van der Waals surface area contributed by atoms with Gasteiger partial charge in [0.15, 0.2) is 11.5 Å². The van der Waals surface area contributed by atoms with Crippen LogP contribution in [0, 0.1) is 5.82 Å². The molecule has 0 unspecified atom stereocenters. The Hall–Kier alpha value is -1.82. The zero-order valence-corrected chi connectivity index (χ0v) is 17.0. The van der Waals surface area contributed by atoms with E-state index in [1.165, 1.54) is 12.1 Å². The molecule has 0 aliphatic heterocycles. The number of rotatable bonds is 11. The van der Waals surface area contributed by atoms with Crippen LogP contribution < -0.4 is 14.8 Å². The maximum absolute atomic E-state index is 13.0. The second-order valence-corrected chi connectivity index (χ2v) is 6.99. The average Bonchev–Trinajstić information content (AvgIpc) is 2.62. The summed E-state index contributed by atoms with van der Waals surface area (Å²) in [5, 5.41) is 3.93. The molecule has 0 radical (unpaired) electrons. The molecule has 1 N–H and O–H groups in total. The molecular formula is C21H28ClFN2O2. The molecule has 0 atom stereocenters. The van der Waals surface area contributed by atoms with Crippen LogP contribution in [0.2, 0.25) is 5.02 Å². The van der Waals surface area contributed by atoms with Crippen LogP contribution in [0.1, 0.15) is 24.5 Å². The molecule has 0 saturated heterocycles. The van der Waals surface area contributed by atoms with Gasteiger partial charge in [-0.15, -0.1) is 0 Å². The van der Waals surface area contributed by atoms with Gasteiger partial charge in [-0.2, -0.15) is 0 Å². The van der Waals surface area contributed by atoms with Gasteiger partial charge in [0.2, 0.25) is 0 Å². The molecule has 0 heterocycles. The van der Waals surface area contributed by atoms with Gasteiger partial charge in [-0.25, -0.2) is 4.39 Å². The van der Waals surface area contributed by atoms with Crippen molar-refractivity contribution in [1.29, 1.82) is 0 Å². The molecule has 0 bridgehead atoms. The molecule has 0 fully saturated rings. The van der Waals surface area contributed by atoms with Gasteiger partial charge in [0.25, 0.3) is 0 Å². The Kier molecular flexibility index (Phi) is 8.85. The molecular weight excluding hydrogens is 367 g/mol. The van der Waals surface area contributed by atoms with Crippen molar-refractivity contribution < 1.29 is 13.9 Å². The normalized spacial score (nSPS) is 11.0. The van der Waals surface area contributed by atoms with Gasteiger partial charge in [-0.1, -0.05) is 23.7 Å². The molecule has 2 aromatic rings. The van der Waals surface area contributed by atoms with E-state index in [4.69, 9.17) is 21.1 Å². The van der Waals surface area contributed by atoms with Gasteiger partial charge < -0.3 is 19.7 Å².